The van der Waals surface area contributed by atoms with Crippen LogP contribution in [-0.4, -0.2) is 34.3 Å². The molecule has 1 aliphatic heterocycles. The fourth-order valence-electron chi connectivity index (χ4n) is 3.62. The van der Waals surface area contributed by atoms with Crippen molar-refractivity contribution in [2.24, 2.45) is 10.8 Å². The molecule has 2 rings (SSSR count). The number of amides is 2. The van der Waals surface area contributed by atoms with Crippen molar-refractivity contribution in [3.05, 3.63) is 0 Å². The summed E-state index contributed by atoms with van der Waals surface area (Å²) in [4.78, 5) is 37.6. The van der Waals surface area contributed by atoms with Gasteiger partial charge in [0.1, 0.15) is 0 Å². The number of carboxylic acids is 1. The Morgan fingerprint density at radius 1 is 1.20 bits per heavy atom. The van der Waals surface area contributed by atoms with Gasteiger partial charge in [0.05, 0.1) is 10.8 Å². The van der Waals surface area contributed by atoms with Gasteiger partial charge in [-0.25, -0.2) is 0 Å². The Kier molecular flexibility index (Phi) is 3.89. The van der Waals surface area contributed by atoms with Gasteiger partial charge in [0, 0.05) is 13.0 Å². The monoisotopic (exact) mass is 281 g/mol. The van der Waals surface area contributed by atoms with E-state index in [1.54, 1.807) is 0 Å². The first kappa shape index (κ1) is 15.0. The topological polar surface area (TPSA) is 74.7 Å². The maximum Gasteiger partial charge on any atom is 0.311 e. The van der Waals surface area contributed by atoms with Crippen LogP contribution in [-0.2, 0) is 14.4 Å². The number of hydrogen-bond acceptors (Lipinski definition) is 3. The summed E-state index contributed by atoms with van der Waals surface area (Å²) < 4.78 is 0. The van der Waals surface area contributed by atoms with E-state index in [1.165, 1.54) is 4.90 Å². The number of carboxylic acid groups (broad SMARTS) is 1. The predicted octanol–water partition coefficient (Wildman–Crippen LogP) is 2.20. The van der Waals surface area contributed by atoms with Crippen molar-refractivity contribution in [1.82, 2.24) is 4.90 Å². The van der Waals surface area contributed by atoms with Crippen molar-refractivity contribution >= 4 is 17.8 Å². The van der Waals surface area contributed by atoms with E-state index in [2.05, 4.69) is 0 Å². The number of aliphatic carboxylic acids is 1. The van der Waals surface area contributed by atoms with Crippen LogP contribution in [0.15, 0.2) is 0 Å². The Balaban J connectivity index is 2.23. The summed E-state index contributed by atoms with van der Waals surface area (Å²) in [6.45, 7) is 3.89. The van der Waals surface area contributed by atoms with Crippen LogP contribution in [0.2, 0.25) is 0 Å². The maximum absolute atomic E-state index is 12.6. The molecule has 2 fully saturated rings. The molecule has 1 saturated carbocycles. The summed E-state index contributed by atoms with van der Waals surface area (Å²) in [5.41, 5.74) is -1.52. The van der Waals surface area contributed by atoms with Crippen LogP contribution in [0, 0.1) is 10.8 Å². The van der Waals surface area contributed by atoms with Gasteiger partial charge in [-0.3, -0.25) is 19.3 Å². The molecule has 5 heteroatoms. The van der Waals surface area contributed by atoms with E-state index < -0.39 is 16.8 Å². The molecule has 0 aromatic rings. The molecule has 1 N–H and O–H groups in total. The fourth-order valence-corrected chi connectivity index (χ4v) is 3.62. The summed E-state index contributed by atoms with van der Waals surface area (Å²) in [6, 6.07) is 0. The molecule has 0 unspecified atom stereocenters. The molecule has 2 amide bonds. The Labute approximate surface area is 119 Å². The molecule has 2 aliphatic rings. The highest BCUT2D eigenvalue weighted by Crippen LogP contribution is 2.44. The molecule has 0 radical (unpaired) electrons. The highest BCUT2D eigenvalue weighted by atomic mass is 16.4. The van der Waals surface area contributed by atoms with Crippen LogP contribution in [0.5, 0.6) is 0 Å². The first-order valence-electron chi connectivity index (χ1n) is 7.49. The van der Waals surface area contributed by atoms with E-state index >= 15 is 0 Å². The summed E-state index contributed by atoms with van der Waals surface area (Å²) >= 11 is 0. The zero-order valence-corrected chi connectivity index (χ0v) is 12.3. The first-order chi connectivity index (χ1) is 9.41. The SMILES string of the molecule is CCC1(CC)CC(=O)N(CC2(C(=O)O)CCCC2)C1=O. The van der Waals surface area contributed by atoms with E-state index in [9.17, 15) is 19.5 Å². The summed E-state index contributed by atoms with van der Waals surface area (Å²) in [5.74, 6) is -1.24. The second-order valence-electron chi connectivity index (χ2n) is 6.24. The normalized spacial score (nSPS) is 24.4. The van der Waals surface area contributed by atoms with Gasteiger partial charge < -0.3 is 5.11 Å². The van der Waals surface area contributed by atoms with E-state index in [0.29, 0.717) is 25.7 Å². The van der Waals surface area contributed by atoms with E-state index in [-0.39, 0.29) is 24.8 Å². The molecule has 1 heterocycles. The zero-order valence-electron chi connectivity index (χ0n) is 12.3. The van der Waals surface area contributed by atoms with Crippen LogP contribution in [0.25, 0.3) is 0 Å². The van der Waals surface area contributed by atoms with Crippen LogP contribution in [0.3, 0.4) is 0 Å². The maximum atomic E-state index is 12.6. The van der Waals surface area contributed by atoms with Crippen LogP contribution in [0.1, 0.15) is 58.8 Å². The summed E-state index contributed by atoms with van der Waals surface area (Å²) in [7, 11) is 0. The summed E-state index contributed by atoms with van der Waals surface area (Å²) in [5, 5.41) is 9.49. The molecule has 0 aromatic heterocycles. The lowest BCUT2D eigenvalue weighted by atomic mass is 9.80. The van der Waals surface area contributed by atoms with E-state index in [0.717, 1.165) is 12.8 Å². The molecule has 0 bridgehead atoms. The minimum absolute atomic E-state index is 0.0573. The van der Waals surface area contributed by atoms with E-state index in [1.807, 2.05) is 13.8 Å². The van der Waals surface area contributed by atoms with Crippen LogP contribution >= 0.6 is 0 Å². The molecule has 5 nitrogen and oxygen atoms in total. The third-order valence-corrected chi connectivity index (χ3v) is 5.32. The van der Waals surface area contributed by atoms with Crippen molar-refractivity contribution in [3.63, 3.8) is 0 Å². The number of hydrogen-bond donors (Lipinski definition) is 1. The van der Waals surface area contributed by atoms with Crippen molar-refractivity contribution in [3.8, 4) is 0 Å². The van der Waals surface area contributed by atoms with Crippen LogP contribution in [0.4, 0.5) is 0 Å². The molecular weight excluding hydrogens is 258 g/mol. The Hall–Kier alpha value is -1.39. The molecule has 1 aliphatic carbocycles. The van der Waals surface area contributed by atoms with Gasteiger partial charge >= 0.3 is 5.97 Å². The minimum Gasteiger partial charge on any atom is -0.481 e. The summed E-state index contributed by atoms with van der Waals surface area (Å²) in [6.07, 6.45) is 4.32. The lowest BCUT2D eigenvalue weighted by molar-refractivity contribution is -0.153. The van der Waals surface area contributed by atoms with Crippen molar-refractivity contribution in [1.29, 1.82) is 0 Å². The Bertz CT molecular complexity index is 433. The van der Waals surface area contributed by atoms with Gasteiger partial charge in [-0.1, -0.05) is 26.7 Å². The van der Waals surface area contributed by atoms with Gasteiger partial charge in [-0.2, -0.15) is 0 Å². The second-order valence-corrected chi connectivity index (χ2v) is 6.24. The Morgan fingerprint density at radius 3 is 2.15 bits per heavy atom. The predicted molar refractivity (Wildman–Crippen MR) is 72.9 cm³/mol. The van der Waals surface area contributed by atoms with Crippen molar-refractivity contribution in [2.45, 2.75) is 58.8 Å². The quantitative estimate of drug-likeness (QED) is 0.784. The molecule has 1 saturated heterocycles. The van der Waals surface area contributed by atoms with Crippen molar-refractivity contribution in [2.75, 3.05) is 6.54 Å². The third kappa shape index (κ3) is 2.13. The standard InChI is InChI=1S/C15H23NO4/c1-3-14(4-2)9-11(17)16(12(14)18)10-15(13(19)20)7-5-6-8-15/h3-10H2,1-2H3,(H,19,20). The molecule has 112 valence electrons. The average molecular weight is 281 g/mol. The van der Waals surface area contributed by atoms with Gasteiger partial charge in [0.25, 0.3) is 0 Å². The number of likely N-dealkylation sites (tertiary alicyclic amines) is 1. The Morgan fingerprint density at radius 2 is 1.75 bits per heavy atom. The highest BCUT2D eigenvalue weighted by molar-refractivity contribution is 6.06. The fraction of sp³-hybridized carbons (Fsp3) is 0.800. The molecule has 0 aromatic carbocycles. The zero-order chi connectivity index (χ0) is 15.0. The molecular formula is C15H23NO4. The second kappa shape index (κ2) is 5.19. The average Bonchev–Trinajstić information content (AvgIpc) is 2.99. The van der Waals surface area contributed by atoms with Gasteiger partial charge in [0.15, 0.2) is 0 Å². The van der Waals surface area contributed by atoms with Gasteiger partial charge in [-0.15, -0.1) is 0 Å². The minimum atomic E-state index is -0.914. The lowest BCUT2D eigenvalue weighted by Crippen LogP contribution is -2.45. The molecule has 20 heavy (non-hydrogen) atoms. The number of nitrogens with zero attached hydrogens (tertiary/aromatic N) is 1. The van der Waals surface area contributed by atoms with Crippen molar-refractivity contribution < 1.29 is 19.5 Å². The van der Waals surface area contributed by atoms with Crippen LogP contribution < -0.4 is 0 Å². The number of carbonyl (C=O) groups excluding carboxylic acids is 2. The third-order valence-electron chi connectivity index (χ3n) is 5.32. The van der Waals surface area contributed by atoms with E-state index in [4.69, 9.17) is 0 Å². The number of carbonyl (C=O) groups is 3. The lowest BCUT2D eigenvalue weighted by Gasteiger charge is -2.30. The largest absolute Gasteiger partial charge is 0.481 e. The number of imide groups is 1. The smallest absolute Gasteiger partial charge is 0.311 e. The first-order valence-corrected chi connectivity index (χ1v) is 7.49. The van der Waals surface area contributed by atoms with Gasteiger partial charge in [-0.05, 0) is 25.7 Å². The van der Waals surface area contributed by atoms with Gasteiger partial charge in [0.2, 0.25) is 11.8 Å². The molecule has 0 spiro atoms. The highest BCUT2D eigenvalue weighted by Gasteiger charge is 2.53. The molecule has 0 atom stereocenters. The number of rotatable bonds is 5.